The van der Waals surface area contributed by atoms with Crippen LogP contribution in [-0.4, -0.2) is 22.1 Å². The Labute approximate surface area is 144 Å². The van der Waals surface area contributed by atoms with Crippen molar-refractivity contribution in [1.82, 2.24) is 15.0 Å². The van der Waals surface area contributed by atoms with Crippen molar-refractivity contribution in [3.63, 3.8) is 0 Å². The molecule has 0 amide bonds. The Morgan fingerprint density at radius 2 is 1.48 bits per heavy atom. The van der Waals surface area contributed by atoms with Crippen molar-refractivity contribution in [2.24, 2.45) is 0 Å². The van der Waals surface area contributed by atoms with Crippen molar-refractivity contribution in [2.75, 3.05) is 7.11 Å². The fourth-order valence-electron chi connectivity index (χ4n) is 3.41. The third kappa shape index (κ3) is 2.08. The first kappa shape index (κ1) is 14.0. The first-order chi connectivity index (χ1) is 12.3. The highest BCUT2D eigenvalue weighted by molar-refractivity contribution is 6.22. The minimum absolute atomic E-state index is 0.851. The molecule has 0 radical (unpaired) electrons. The standard InChI is InChI=1S/C21H15N3O/c1-25-14-8-6-13(7-9-14)18-12-17-15-4-2-10-22-20(15)21-16(19(17)24-18)5-3-11-23-21/h2-12,24H,1H3. The lowest BCUT2D eigenvalue weighted by Crippen LogP contribution is -1.86. The number of aromatic nitrogens is 3. The minimum Gasteiger partial charge on any atom is -0.497 e. The zero-order valence-electron chi connectivity index (χ0n) is 13.7. The molecule has 3 aromatic heterocycles. The van der Waals surface area contributed by atoms with E-state index in [1.807, 2.05) is 36.7 Å². The van der Waals surface area contributed by atoms with Gasteiger partial charge in [-0.15, -0.1) is 0 Å². The summed E-state index contributed by atoms with van der Waals surface area (Å²) in [6.07, 6.45) is 3.63. The molecular weight excluding hydrogens is 310 g/mol. The van der Waals surface area contributed by atoms with Crippen molar-refractivity contribution >= 4 is 32.7 Å². The van der Waals surface area contributed by atoms with Gasteiger partial charge in [0.25, 0.3) is 0 Å². The lowest BCUT2D eigenvalue weighted by Gasteiger charge is -2.04. The summed E-state index contributed by atoms with van der Waals surface area (Å²) >= 11 is 0. The largest absolute Gasteiger partial charge is 0.497 e. The van der Waals surface area contributed by atoms with E-state index >= 15 is 0 Å². The SMILES string of the molecule is COc1ccc(-c2cc3c4cccnc4c4ncccc4c3[nH]2)cc1. The Kier molecular flexibility index (Phi) is 2.97. The Hall–Kier alpha value is -3.40. The van der Waals surface area contributed by atoms with Crippen LogP contribution >= 0.6 is 0 Å². The number of ether oxygens (including phenoxy) is 1. The average Bonchev–Trinajstić information content (AvgIpc) is 3.14. The number of benzene rings is 2. The predicted octanol–water partition coefficient (Wildman–Crippen LogP) is 4.94. The number of methoxy groups -OCH3 is 1. The molecular formula is C21H15N3O. The van der Waals surface area contributed by atoms with Crippen LogP contribution in [0.1, 0.15) is 0 Å². The van der Waals surface area contributed by atoms with Gasteiger partial charge in [0.2, 0.25) is 0 Å². The zero-order chi connectivity index (χ0) is 16.8. The maximum atomic E-state index is 5.25. The van der Waals surface area contributed by atoms with E-state index in [0.29, 0.717) is 0 Å². The van der Waals surface area contributed by atoms with Crippen LogP contribution in [0.5, 0.6) is 5.75 Å². The highest BCUT2D eigenvalue weighted by atomic mass is 16.5. The summed E-state index contributed by atoms with van der Waals surface area (Å²) in [7, 11) is 1.68. The fourth-order valence-corrected chi connectivity index (χ4v) is 3.41. The molecule has 25 heavy (non-hydrogen) atoms. The van der Waals surface area contributed by atoms with E-state index in [4.69, 9.17) is 4.74 Å². The van der Waals surface area contributed by atoms with Crippen molar-refractivity contribution < 1.29 is 4.74 Å². The number of aromatic amines is 1. The maximum absolute atomic E-state index is 5.25. The van der Waals surface area contributed by atoms with E-state index < -0.39 is 0 Å². The average molecular weight is 325 g/mol. The third-order valence-electron chi connectivity index (χ3n) is 4.62. The normalized spacial score (nSPS) is 11.4. The highest BCUT2D eigenvalue weighted by Gasteiger charge is 2.13. The Bertz CT molecular complexity index is 1150. The van der Waals surface area contributed by atoms with E-state index in [1.165, 1.54) is 0 Å². The number of pyridine rings is 2. The van der Waals surface area contributed by atoms with Gasteiger partial charge in [0, 0.05) is 34.2 Å². The molecule has 0 fully saturated rings. The molecule has 0 aliphatic heterocycles. The minimum atomic E-state index is 0.851. The predicted molar refractivity (Wildman–Crippen MR) is 101 cm³/mol. The van der Waals surface area contributed by atoms with Crippen molar-refractivity contribution in [3.8, 4) is 17.0 Å². The first-order valence-electron chi connectivity index (χ1n) is 8.14. The number of nitrogens with one attached hydrogen (secondary N) is 1. The van der Waals surface area contributed by atoms with Gasteiger partial charge >= 0.3 is 0 Å². The molecule has 3 heterocycles. The highest BCUT2D eigenvalue weighted by Crippen LogP contribution is 2.35. The van der Waals surface area contributed by atoms with Crippen LogP contribution in [-0.2, 0) is 0 Å². The summed E-state index contributed by atoms with van der Waals surface area (Å²) in [6, 6.07) is 18.4. The maximum Gasteiger partial charge on any atom is 0.118 e. The molecule has 0 atom stereocenters. The Balaban J connectivity index is 1.86. The molecule has 0 saturated carbocycles. The summed E-state index contributed by atoms with van der Waals surface area (Å²) < 4.78 is 5.25. The molecule has 0 bridgehead atoms. The van der Waals surface area contributed by atoms with E-state index in [9.17, 15) is 0 Å². The lowest BCUT2D eigenvalue weighted by atomic mass is 10.1. The molecule has 0 aliphatic carbocycles. The topological polar surface area (TPSA) is 50.8 Å². The van der Waals surface area contributed by atoms with Crippen molar-refractivity contribution in [3.05, 3.63) is 67.0 Å². The van der Waals surface area contributed by atoms with Gasteiger partial charge in [0.05, 0.1) is 23.7 Å². The summed E-state index contributed by atoms with van der Waals surface area (Å²) in [5.74, 6) is 0.851. The molecule has 1 N–H and O–H groups in total. The van der Waals surface area contributed by atoms with Crippen LogP contribution in [0.15, 0.2) is 67.0 Å². The smallest absolute Gasteiger partial charge is 0.118 e. The van der Waals surface area contributed by atoms with Crippen LogP contribution in [0.25, 0.3) is 44.0 Å². The quantitative estimate of drug-likeness (QED) is 0.468. The molecule has 4 heteroatoms. The second kappa shape index (κ2) is 5.31. The van der Waals surface area contributed by atoms with E-state index in [2.05, 4.69) is 45.3 Å². The number of fused-ring (bicyclic) bond motifs is 6. The van der Waals surface area contributed by atoms with Gasteiger partial charge in [0.1, 0.15) is 5.75 Å². The van der Waals surface area contributed by atoms with Crippen LogP contribution in [0.2, 0.25) is 0 Å². The molecule has 0 unspecified atom stereocenters. The molecule has 5 aromatic rings. The lowest BCUT2D eigenvalue weighted by molar-refractivity contribution is 0.415. The van der Waals surface area contributed by atoms with Gasteiger partial charge in [-0.25, -0.2) is 0 Å². The van der Waals surface area contributed by atoms with E-state index in [1.54, 1.807) is 7.11 Å². The Morgan fingerprint density at radius 1 is 0.800 bits per heavy atom. The van der Waals surface area contributed by atoms with Gasteiger partial charge in [-0.05, 0) is 54.1 Å². The fraction of sp³-hybridized carbons (Fsp3) is 0.0476. The molecule has 2 aromatic carbocycles. The van der Waals surface area contributed by atoms with Gasteiger partial charge in [0.15, 0.2) is 0 Å². The van der Waals surface area contributed by atoms with Gasteiger partial charge in [-0.3, -0.25) is 9.97 Å². The second-order valence-electron chi connectivity index (χ2n) is 6.00. The number of rotatable bonds is 2. The van der Waals surface area contributed by atoms with Gasteiger partial charge < -0.3 is 9.72 Å². The van der Waals surface area contributed by atoms with Crippen LogP contribution in [0.3, 0.4) is 0 Å². The van der Waals surface area contributed by atoms with Crippen LogP contribution in [0.4, 0.5) is 0 Å². The summed E-state index contributed by atoms with van der Waals surface area (Å²) in [5, 5.41) is 3.36. The Morgan fingerprint density at radius 3 is 2.20 bits per heavy atom. The van der Waals surface area contributed by atoms with Crippen molar-refractivity contribution in [2.45, 2.75) is 0 Å². The van der Waals surface area contributed by atoms with Crippen LogP contribution in [0, 0.1) is 0 Å². The third-order valence-corrected chi connectivity index (χ3v) is 4.62. The number of nitrogens with zero attached hydrogens (tertiary/aromatic N) is 2. The van der Waals surface area contributed by atoms with Gasteiger partial charge in [-0.2, -0.15) is 0 Å². The first-order valence-corrected chi connectivity index (χ1v) is 8.14. The molecule has 0 saturated heterocycles. The molecule has 4 nitrogen and oxygen atoms in total. The molecule has 0 aliphatic rings. The van der Waals surface area contributed by atoms with E-state index in [-0.39, 0.29) is 0 Å². The van der Waals surface area contributed by atoms with Crippen molar-refractivity contribution in [1.29, 1.82) is 0 Å². The number of hydrogen-bond donors (Lipinski definition) is 1. The molecule has 120 valence electrons. The summed E-state index contributed by atoms with van der Waals surface area (Å²) in [5.41, 5.74) is 5.14. The van der Waals surface area contributed by atoms with Crippen LogP contribution < -0.4 is 4.74 Å². The van der Waals surface area contributed by atoms with E-state index in [0.717, 1.165) is 49.7 Å². The summed E-state index contributed by atoms with van der Waals surface area (Å²) in [6.45, 7) is 0. The van der Waals surface area contributed by atoms with Gasteiger partial charge in [-0.1, -0.05) is 6.07 Å². The zero-order valence-corrected chi connectivity index (χ0v) is 13.7. The second-order valence-corrected chi connectivity index (χ2v) is 6.00. The number of H-pyrrole nitrogens is 1. The molecule has 5 rings (SSSR count). The summed E-state index contributed by atoms with van der Waals surface area (Å²) in [4.78, 5) is 12.7. The molecule has 0 spiro atoms. The number of hydrogen-bond acceptors (Lipinski definition) is 3. The monoisotopic (exact) mass is 325 g/mol.